The van der Waals surface area contributed by atoms with E-state index in [1.54, 1.807) is 94.2 Å². The fourth-order valence-corrected chi connectivity index (χ4v) is 7.72. The summed E-state index contributed by atoms with van der Waals surface area (Å²) in [6.07, 6.45) is 11.2. The quantitative estimate of drug-likeness (QED) is 0.0590. The number of nitrogen functional groups attached to an aromatic ring is 1. The van der Waals surface area contributed by atoms with Gasteiger partial charge in [0.05, 0.1) is 59.5 Å². The lowest BCUT2D eigenvalue weighted by molar-refractivity contribution is 0.395. The molecular weight excluding hydrogens is 895 g/mol. The number of aromatic nitrogens is 4. The zero-order chi connectivity index (χ0) is 44.1. The molecule has 0 amide bonds. The summed E-state index contributed by atoms with van der Waals surface area (Å²) in [7, 11) is 6.42. The third-order valence-electron chi connectivity index (χ3n) is 8.22. The molecule has 324 valence electrons. The van der Waals surface area contributed by atoms with Crippen LogP contribution < -0.4 is 30.0 Å². The van der Waals surface area contributed by atoms with Crippen molar-refractivity contribution >= 4 is 115 Å². The van der Waals surface area contributed by atoms with Gasteiger partial charge in [0.15, 0.2) is 0 Å². The number of nitrogens with one attached hydrogen (secondary N) is 1. The van der Waals surface area contributed by atoms with E-state index in [9.17, 15) is 0 Å². The average molecular weight is 944 g/mol. The molecule has 0 aliphatic rings. The van der Waals surface area contributed by atoms with Crippen LogP contribution >= 0.6 is 60.1 Å². The Labute approximate surface area is 393 Å². The van der Waals surface area contributed by atoms with Gasteiger partial charge in [0.25, 0.3) is 0 Å². The number of pyridine rings is 2. The van der Waals surface area contributed by atoms with E-state index in [2.05, 4.69) is 80.5 Å². The number of nitrogens with two attached hydrogens (primary N) is 1. The molecule has 62 heavy (non-hydrogen) atoms. The van der Waals surface area contributed by atoms with Crippen LogP contribution in [0.15, 0.2) is 126 Å². The van der Waals surface area contributed by atoms with E-state index in [4.69, 9.17) is 41.9 Å². The van der Waals surface area contributed by atoms with Crippen molar-refractivity contribution in [1.29, 1.82) is 0 Å². The summed E-state index contributed by atoms with van der Waals surface area (Å²) in [5.41, 5.74) is 13.2. The maximum absolute atomic E-state index is 5.75. The topological polar surface area (TPSA) is 139 Å². The number of methoxy groups -OCH3 is 4. The summed E-state index contributed by atoms with van der Waals surface area (Å²) in [6, 6.07) is 30.8. The molecule has 3 N–H and O–H groups in total. The van der Waals surface area contributed by atoms with Crippen molar-refractivity contribution in [1.82, 2.24) is 19.9 Å². The van der Waals surface area contributed by atoms with Crippen LogP contribution in [0.1, 0.15) is 13.0 Å². The summed E-state index contributed by atoms with van der Waals surface area (Å²) in [5.74, 6) is 2.78. The highest BCUT2D eigenvalue weighted by Crippen LogP contribution is 2.33. The van der Waals surface area contributed by atoms with Gasteiger partial charge in [0.1, 0.15) is 38.7 Å². The molecule has 0 unspecified atom stereocenters. The molecule has 8 aromatic rings. The summed E-state index contributed by atoms with van der Waals surface area (Å²) in [5, 5.41) is 5.23. The van der Waals surface area contributed by atoms with Gasteiger partial charge in [-0.15, -0.1) is 22.7 Å². The molecular formula is C45H49N7O4S6. The first kappa shape index (κ1) is 50.9. The fourth-order valence-electron chi connectivity index (χ4n) is 5.43. The molecule has 4 heterocycles. The smallest absolute Gasteiger partial charge is 0.149 e. The van der Waals surface area contributed by atoms with Gasteiger partial charge in [-0.05, 0) is 72.7 Å². The van der Waals surface area contributed by atoms with Crippen LogP contribution in [0, 0.1) is 0 Å². The number of thiol groups is 2. The number of anilines is 2. The fraction of sp³-hybridized carbons (Fsp3) is 0.178. The number of ether oxygens (including phenoxy) is 4. The zero-order valence-corrected chi connectivity index (χ0v) is 39.3. The van der Waals surface area contributed by atoms with Crippen molar-refractivity contribution in [2.45, 2.75) is 13.8 Å². The lowest BCUT2D eigenvalue weighted by Gasteiger charge is -2.13. The van der Waals surface area contributed by atoms with Crippen molar-refractivity contribution in [2.24, 2.45) is 4.36 Å². The van der Waals surface area contributed by atoms with Crippen LogP contribution in [0.4, 0.5) is 17.1 Å². The van der Waals surface area contributed by atoms with Crippen LogP contribution in [-0.4, -0.2) is 65.9 Å². The molecule has 4 aromatic heterocycles. The van der Waals surface area contributed by atoms with Gasteiger partial charge in [-0.1, -0.05) is 50.0 Å². The van der Waals surface area contributed by atoms with Crippen LogP contribution in [0.5, 0.6) is 23.0 Å². The molecule has 0 saturated heterocycles. The Balaban J connectivity index is 0.000000261. The second-order valence-electron chi connectivity index (χ2n) is 12.0. The number of fused-ring (bicyclic) bond motifs is 2. The number of rotatable bonds is 10. The Morgan fingerprint density at radius 2 is 1.21 bits per heavy atom. The number of hydrogen-bond donors (Lipinski definition) is 4. The van der Waals surface area contributed by atoms with Gasteiger partial charge in [-0.3, -0.25) is 9.97 Å². The van der Waals surface area contributed by atoms with Crippen LogP contribution in [0.2, 0.25) is 0 Å². The van der Waals surface area contributed by atoms with Crippen LogP contribution in [0.3, 0.4) is 0 Å². The minimum atomic E-state index is 0. The second-order valence-corrected chi connectivity index (χ2v) is 14.7. The molecule has 0 spiro atoms. The monoisotopic (exact) mass is 943 g/mol. The largest absolute Gasteiger partial charge is 0.497 e. The Bertz CT molecular complexity index is 2570. The maximum atomic E-state index is 5.75. The van der Waals surface area contributed by atoms with E-state index in [1.165, 1.54) is 0 Å². The van der Waals surface area contributed by atoms with Gasteiger partial charge in [-0.2, -0.15) is 29.6 Å². The second kappa shape index (κ2) is 26.8. The van der Waals surface area contributed by atoms with Gasteiger partial charge in [0.2, 0.25) is 0 Å². The number of hydrogen-bond acceptors (Lipinski definition) is 16. The lowest BCUT2D eigenvalue weighted by Crippen LogP contribution is -2.13. The first-order valence-corrected chi connectivity index (χ1v) is 22.3. The predicted octanol–water partition coefficient (Wildman–Crippen LogP) is 12.1. The van der Waals surface area contributed by atoms with E-state index in [0.29, 0.717) is 28.6 Å². The van der Waals surface area contributed by atoms with Crippen molar-refractivity contribution < 1.29 is 18.9 Å². The predicted molar refractivity (Wildman–Crippen MR) is 275 cm³/mol. The van der Waals surface area contributed by atoms with E-state index >= 15 is 0 Å². The average Bonchev–Trinajstić information content (AvgIpc) is 3.96. The molecule has 0 aliphatic carbocycles. The van der Waals surface area contributed by atoms with Crippen LogP contribution in [-0.2, 0) is 18.8 Å². The van der Waals surface area contributed by atoms with Gasteiger partial charge < -0.3 is 30.0 Å². The molecule has 11 nitrogen and oxygen atoms in total. The number of nitrogens with zero attached hydrogens (tertiary/aromatic N) is 5. The highest BCUT2D eigenvalue weighted by atomic mass is 32.1. The summed E-state index contributed by atoms with van der Waals surface area (Å²) in [6.45, 7) is 0. The third-order valence-corrected chi connectivity index (χ3v) is 10.8. The minimum absolute atomic E-state index is 0. The lowest BCUT2D eigenvalue weighted by atomic mass is 10.1. The first-order chi connectivity index (χ1) is 29.8. The highest BCUT2D eigenvalue weighted by molar-refractivity contribution is 7.80. The standard InChI is InChI=1S/C22H19N3O2S2.C12H9N3S.C8H9NO2S.2CH4S.CH4/c1-26-16-6-7-17(19(12-16)27-2)24-21(28)11-14-4-3-5-15(10-14)22-25-18-8-9-23-13-20(18)29-22;13-9-3-1-2-8(6-9)12-15-10-4-5-14-7-11(10)16-12;1-10-6-3-4-7(9-12)8(5-6)11-2;2*1-2;/h3-10,12-13H,11H2,1-2H3,(H,24,28);1-7H,13H2;3-5H,1-2H3;2*2H,1H3;1H4. The third kappa shape index (κ3) is 14.3. The molecule has 4 aromatic carbocycles. The maximum Gasteiger partial charge on any atom is 0.149 e. The van der Waals surface area contributed by atoms with E-state index in [1.807, 2.05) is 73.1 Å². The molecule has 8 rings (SSSR count). The molecule has 0 aliphatic heterocycles. The molecule has 0 saturated carbocycles. The van der Waals surface area contributed by atoms with Crippen molar-refractivity contribution in [3.63, 3.8) is 0 Å². The molecule has 0 fully saturated rings. The number of thiocarbonyl (C=S) groups is 1. The molecule has 0 bridgehead atoms. The summed E-state index contributed by atoms with van der Waals surface area (Å²) in [4.78, 5) is 18.2. The molecule has 0 atom stereocenters. The SMILES string of the molecule is C.COc1ccc(N=S)c(OC)c1.COc1ccc(NC(=S)Cc2cccc(-c3nc4ccncc4s3)c2)c(OC)c1.CS.CS.Nc1cccc(-c2nc3ccncc3s2)c1. The number of thiazole rings is 2. The van der Waals surface area contributed by atoms with Crippen molar-refractivity contribution in [3.8, 4) is 44.1 Å². The van der Waals surface area contributed by atoms with Gasteiger partial charge in [-0.25, -0.2) is 9.97 Å². The number of benzene rings is 4. The van der Waals surface area contributed by atoms with Crippen LogP contribution in [0.25, 0.3) is 41.6 Å². The van der Waals surface area contributed by atoms with E-state index < -0.39 is 0 Å². The Morgan fingerprint density at radius 1 is 0.677 bits per heavy atom. The zero-order valence-electron chi connectivity index (χ0n) is 34.2. The van der Waals surface area contributed by atoms with Crippen molar-refractivity contribution in [3.05, 3.63) is 127 Å². The van der Waals surface area contributed by atoms with E-state index in [0.717, 1.165) is 70.0 Å². The highest BCUT2D eigenvalue weighted by Gasteiger charge is 2.11. The van der Waals surface area contributed by atoms with Gasteiger partial charge >= 0.3 is 0 Å². The molecule has 17 heteroatoms. The Hall–Kier alpha value is -5.43. The first-order valence-electron chi connectivity index (χ1n) is 18.1. The summed E-state index contributed by atoms with van der Waals surface area (Å²) < 4.78 is 26.5. The molecule has 0 radical (unpaired) electrons. The van der Waals surface area contributed by atoms with Gasteiger partial charge in [0, 0.05) is 72.6 Å². The van der Waals surface area contributed by atoms with Crippen molar-refractivity contribution in [2.75, 3.05) is 52.0 Å². The normalized spacial score (nSPS) is 9.74. The van der Waals surface area contributed by atoms with E-state index in [-0.39, 0.29) is 7.43 Å². The summed E-state index contributed by atoms with van der Waals surface area (Å²) >= 11 is 20.5. The Kier molecular flexibility index (Phi) is 22.0. The minimum Gasteiger partial charge on any atom is -0.497 e. The Morgan fingerprint density at radius 3 is 1.73 bits per heavy atom.